The van der Waals surface area contributed by atoms with Gasteiger partial charge in [-0.3, -0.25) is 4.79 Å². The Hall–Kier alpha value is -0.710. The van der Waals surface area contributed by atoms with Crippen LogP contribution in [0.4, 0.5) is 0 Å². The summed E-state index contributed by atoms with van der Waals surface area (Å²) in [7, 11) is 0. The fourth-order valence-electron chi connectivity index (χ4n) is 1.58. The van der Waals surface area contributed by atoms with E-state index in [1.165, 1.54) is 11.8 Å². The summed E-state index contributed by atoms with van der Waals surface area (Å²) >= 11 is 7.36. The monoisotopic (exact) mass is 314 g/mol. The molecule has 0 fully saturated rings. The molecule has 5 heteroatoms. The number of hydrogen-bond donors (Lipinski definition) is 2. The SMILES string of the molecule is CC(Sc1ccc(Cl)cc1)C(=O)NC(C)(CN)C(C)C. The molecule has 0 heterocycles. The molecule has 3 nitrogen and oxygen atoms in total. The predicted molar refractivity (Wildman–Crippen MR) is 87.2 cm³/mol. The van der Waals surface area contributed by atoms with Crippen molar-refractivity contribution >= 4 is 29.3 Å². The number of thioether (sulfide) groups is 1. The molecule has 0 bridgehead atoms. The molecular formula is C15H23ClN2OS. The van der Waals surface area contributed by atoms with Crippen molar-refractivity contribution in [1.29, 1.82) is 0 Å². The van der Waals surface area contributed by atoms with Gasteiger partial charge >= 0.3 is 0 Å². The van der Waals surface area contributed by atoms with Gasteiger partial charge in [-0.25, -0.2) is 0 Å². The lowest BCUT2D eigenvalue weighted by Gasteiger charge is -2.34. The van der Waals surface area contributed by atoms with Crippen LogP contribution in [-0.2, 0) is 4.79 Å². The molecule has 112 valence electrons. The van der Waals surface area contributed by atoms with Gasteiger partial charge in [0.1, 0.15) is 0 Å². The Balaban J connectivity index is 2.65. The van der Waals surface area contributed by atoms with E-state index in [2.05, 4.69) is 19.2 Å². The van der Waals surface area contributed by atoms with Gasteiger partial charge in [0.15, 0.2) is 0 Å². The van der Waals surface area contributed by atoms with Gasteiger partial charge in [0.25, 0.3) is 0 Å². The molecular weight excluding hydrogens is 292 g/mol. The van der Waals surface area contributed by atoms with Crippen LogP contribution >= 0.6 is 23.4 Å². The quantitative estimate of drug-likeness (QED) is 0.792. The summed E-state index contributed by atoms with van der Waals surface area (Å²) in [6.07, 6.45) is 0. The second-order valence-corrected chi connectivity index (χ2v) is 7.33. The number of nitrogens with one attached hydrogen (secondary N) is 1. The second-order valence-electron chi connectivity index (χ2n) is 5.48. The van der Waals surface area contributed by atoms with Gasteiger partial charge in [-0.2, -0.15) is 0 Å². The van der Waals surface area contributed by atoms with Gasteiger partial charge in [0.05, 0.1) is 10.8 Å². The summed E-state index contributed by atoms with van der Waals surface area (Å²) in [4.78, 5) is 13.3. The molecule has 0 saturated heterocycles. The zero-order valence-corrected chi connectivity index (χ0v) is 14.0. The Labute approximate surface area is 130 Å². The minimum Gasteiger partial charge on any atom is -0.348 e. The minimum atomic E-state index is -0.369. The zero-order chi connectivity index (χ0) is 15.3. The molecule has 1 aromatic carbocycles. The Bertz CT molecular complexity index is 450. The first-order chi connectivity index (χ1) is 9.28. The Morgan fingerprint density at radius 1 is 1.35 bits per heavy atom. The van der Waals surface area contributed by atoms with E-state index in [-0.39, 0.29) is 22.6 Å². The van der Waals surface area contributed by atoms with Gasteiger partial charge in [0, 0.05) is 16.5 Å². The normalized spacial score (nSPS) is 15.8. The van der Waals surface area contributed by atoms with Crippen molar-refractivity contribution in [2.24, 2.45) is 11.7 Å². The van der Waals surface area contributed by atoms with Crippen molar-refractivity contribution in [1.82, 2.24) is 5.32 Å². The highest BCUT2D eigenvalue weighted by atomic mass is 35.5. The minimum absolute atomic E-state index is 0.00611. The maximum Gasteiger partial charge on any atom is 0.233 e. The number of amides is 1. The maximum atomic E-state index is 12.3. The first-order valence-electron chi connectivity index (χ1n) is 6.73. The number of nitrogens with two attached hydrogens (primary N) is 1. The third-order valence-electron chi connectivity index (χ3n) is 3.60. The molecule has 1 rings (SSSR count). The molecule has 3 N–H and O–H groups in total. The molecule has 0 aliphatic heterocycles. The van der Waals surface area contributed by atoms with Gasteiger partial charge in [-0.15, -0.1) is 11.8 Å². The molecule has 0 radical (unpaired) electrons. The third kappa shape index (κ3) is 4.69. The summed E-state index contributed by atoms with van der Waals surface area (Å²) < 4.78 is 0. The zero-order valence-electron chi connectivity index (χ0n) is 12.4. The van der Waals surface area contributed by atoms with E-state index in [0.717, 1.165) is 4.90 Å². The first kappa shape index (κ1) is 17.3. The third-order valence-corrected chi connectivity index (χ3v) is 4.97. The van der Waals surface area contributed by atoms with E-state index < -0.39 is 0 Å². The van der Waals surface area contributed by atoms with Gasteiger partial charge in [-0.1, -0.05) is 25.4 Å². The molecule has 0 aliphatic rings. The van der Waals surface area contributed by atoms with Crippen LogP contribution in [0.5, 0.6) is 0 Å². The van der Waals surface area contributed by atoms with E-state index in [4.69, 9.17) is 17.3 Å². The van der Waals surface area contributed by atoms with Crippen LogP contribution in [0.25, 0.3) is 0 Å². The lowest BCUT2D eigenvalue weighted by atomic mass is 9.88. The van der Waals surface area contributed by atoms with E-state index in [1.807, 2.05) is 38.1 Å². The van der Waals surface area contributed by atoms with Crippen LogP contribution in [0, 0.1) is 5.92 Å². The van der Waals surface area contributed by atoms with E-state index in [9.17, 15) is 4.79 Å². The molecule has 0 saturated carbocycles. The van der Waals surface area contributed by atoms with Crippen molar-refractivity contribution in [2.45, 2.75) is 43.4 Å². The van der Waals surface area contributed by atoms with Crippen LogP contribution < -0.4 is 11.1 Å². The highest BCUT2D eigenvalue weighted by Gasteiger charge is 2.30. The Morgan fingerprint density at radius 2 is 1.90 bits per heavy atom. The van der Waals surface area contributed by atoms with Crippen LogP contribution in [0.1, 0.15) is 27.7 Å². The average molecular weight is 315 g/mol. The molecule has 1 amide bonds. The van der Waals surface area contributed by atoms with Crippen LogP contribution in [-0.4, -0.2) is 23.2 Å². The molecule has 0 spiro atoms. The van der Waals surface area contributed by atoms with Gasteiger partial charge in [-0.05, 0) is 44.0 Å². The fourth-order valence-corrected chi connectivity index (χ4v) is 2.58. The Kier molecular flexibility index (Phi) is 6.37. The highest BCUT2D eigenvalue weighted by Crippen LogP contribution is 2.25. The summed E-state index contributed by atoms with van der Waals surface area (Å²) in [5.41, 5.74) is 5.42. The standard InChI is InChI=1S/C15H23ClN2OS/c1-10(2)15(4,9-17)18-14(19)11(3)20-13-7-5-12(16)6-8-13/h5-8,10-11H,9,17H2,1-4H3,(H,18,19). The molecule has 20 heavy (non-hydrogen) atoms. The lowest BCUT2D eigenvalue weighted by molar-refractivity contribution is -0.122. The molecule has 1 aromatic rings. The molecule has 0 aliphatic carbocycles. The van der Waals surface area contributed by atoms with Crippen molar-refractivity contribution in [3.8, 4) is 0 Å². The highest BCUT2D eigenvalue weighted by molar-refractivity contribution is 8.00. The summed E-state index contributed by atoms with van der Waals surface area (Å²) in [6, 6.07) is 7.49. The van der Waals surface area contributed by atoms with Crippen molar-refractivity contribution in [3.05, 3.63) is 29.3 Å². The van der Waals surface area contributed by atoms with Crippen molar-refractivity contribution in [3.63, 3.8) is 0 Å². The fraction of sp³-hybridized carbons (Fsp3) is 0.533. The smallest absolute Gasteiger partial charge is 0.233 e. The van der Waals surface area contributed by atoms with E-state index in [1.54, 1.807) is 0 Å². The van der Waals surface area contributed by atoms with Crippen LogP contribution in [0.2, 0.25) is 5.02 Å². The molecule has 0 aromatic heterocycles. The van der Waals surface area contributed by atoms with E-state index >= 15 is 0 Å². The summed E-state index contributed by atoms with van der Waals surface area (Å²) in [6.45, 7) is 8.42. The summed E-state index contributed by atoms with van der Waals surface area (Å²) in [5, 5.41) is 3.58. The first-order valence-corrected chi connectivity index (χ1v) is 7.98. The average Bonchev–Trinajstić information content (AvgIpc) is 2.40. The van der Waals surface area contributed by atoms with Crippen molar-refractivity contribution in [2.75, 3.05) is 6.54 Å². The lowest BCUT2D eigenvalue weighted by Crippen LogP contribution is -2.56. The Morgan fingerprint density at radius 3 is 2.35 bits per heavy atom. The molecule has 2 unspecified atom stereocenters. The number of rotatable bonds is 6. The van der Waals surface area contributed by atoms with Crippen LogP contribution in [0.3, 0.4) is 0 Å². The number of carbonyl (C=O) groups excluding carboxylic acids is 1. The number of benzene rings is 1. The maximum absolute atomic E-state index is 12.3. The van der Waals surface area contributed by atoms with Gasteiger partial charge in [0.2, 0.25) is 5.91 Å². The molecule has 2 atom stereocenters. The number of halogens is 1. The summed E-state index contributed by atoms with van der Waals surface area (Å²) in [5.74, 6) is 0.288. The number of hydrogen-bond acceptors (Lipinski definition) is 3. The number of carbonyl (C=O) groups is 1. The van der Waals surface area contributed by atoms with Gasteiger partial charge < -0.3 is 11.1 Å². The second kappa shape index (κ2) is 7.34. The predicted octanol–water partition coefficient (Wildman–Crippen LogP) is 3.31. The van der Waals surface area contributed by atoms with Crippen LogP contribution in [0.15, 0.2) is 29.2 Å². The topological polar surface area (TPSA) is 55.1 Å². The van der Waals surface area contributed by atoms with E-state index in [0.29, 0.717) is 11.6 Å². The largest absolute Gasteiger partial charge is 0.348 e. The van der Waals surface area contributed by atoms with Crippen molar-refractivity contribution < 1.29 is 4.79 Å².